The highest BCUT2D eigenvalue weighted by Crippen LogP contribution is 2.22. The van der Waals surface area contributed by atoms with Crippen molar-refractivity contribution in [1.29, 1.82) is 0 Å². The van der Waals surface area contributed by atoms with Crippen molar-refractivity contribution in [3.63, 3.8) is 0 Å². The van der Waals surface area contributed by atoms with Crippen LogP contribution in [0.4, 0.5) is 0 Å². The van der Waals surface area contributed by atoms with Gasteiger partial charge in [0, 0.05) is 32.2 Å². The van der Waals surface area contributed by atoms with Crippen LogP contribution >= 0.6 is 0 Å². The molecule has 0 amide bonds. The van der Waals surface area contributed by atoms with Gasteiger partial charge in [-0.15, -0.1) is 0 Å². The predicted octanol–water partition coefficient (Wildman–Crippen LogP) is 2.90. The van der Waals surface area contributed by atoms with E-state index >= 15 is 0 Å². The van der Waals surface area contributed by atoms with E-state index in [0.717, 1.165) is 51.9 Å². The number of aliphatic hydroxyl groups excluding tert-OH is 1. The molecule has 0 atom stereocenters. The molecule has 0 unspecified atom stereocenters. The standard InChI is InChI=1S/C22H28N2O/c25-22-9-11-24(12-10-22)16-20-8-4-3-7-19(20)15-23-21-13-17-5-1-2-6-18(17)14-21/h1-8,21-23,25H,9-16H2. The minimum Gasteiger partial charge on any atom is -0.393 e. The summed E-state index contributed by atoms with van der Waals surface area (Å²) in [5.74, 6) is 0. The molecule has 2 aliphatic rings. The van der Waals surface area contributed by atoms with Gasteiger partial charge in [0.2, 0.25) is 0 Å². The maximum absolute atomic E-state index is 9.69. The molecule has 3 nitrogen and oxygen atoms in total. The first kappa shape index (κ1) is 16.8. The number of fused-ring (bicyclic) bond motifs is 1. The first-order valence-electron chi connectivity index (χ1n) is 9.55. The molecule has 1 heterocycles. The molecule has 0 radical (unpaired) electrons. The van der Waals surface area contributed by atoms with E-state index in [1.807, 2.05) is 0 Å². The fourth-order valence-corrected chi connectivity index (χ4v) is 4.16. The van der Waals surface area contributed by atoms with Gasteiger partial charge in [0.25, 0.3) is 0 Å². The zero-order valence-electron chi connectivity index (χ0n) is 14.8. The number of nitrogens with one attached hydrogen (secondary N) is 1. The Morgan fingerprint density at radius 2 is 1.48 bits per heavy atom. The third-order valence-electron chi connectivity index (χ3n) is 5.70. The van der Waals surface area contributed by atoms with Crippen LogP contribution in [0.5, 0.6) is 0 Å². The van der Waals surface area contributed by atoms with Gasteiger partial charge in [-0.1, -0.05) is 48.5 Å². The molecule has 1 saturated heterocycles. The third-order valence-corrected chi connectivity index (χ3v) is 5.70. The van der Waals surface area contributed by atoms with E-state index < -0.39 is 0 Å². The molecular weight excluding hydrogens is 308 g/mol. The van der Waals surface area contributed by atoms with Crippen LogP contribution in [0, 0.1) is 0 Å². The molecule has 0 bridgehead atoms. The molecule has 3 heteroatoms. The summed E-state index contributed by atoms with van der Waals surface area (Å²) in [5.41, 5.74) is 5.83. The van der Waals surface area contributed by atoms with E-state index in [4.69, 9.17) is 0 Å². The number of rotatable bonds is 5. The molecule has 1 aliphatic carbocycles. The van der Waals surface area contributed by atoms with Gasteiger partial charge < -0.3 is 10.4 Å². The van der Waals surface area contributed by atoms with E-state index in [1.54, 1.807) is 0 Å². The molecule has 132 valence electrons. The Labute approximate surface area is 150 Å². The summed E-state index contributed by atoms with van der Waals surface area (Å²) >= 11 is 0. The van der Waals surface area contributed by atoms with Crippen molar-refractivity contribution in [2.24, 2.45) is 0 Å². The Balaban J connectivity index is 1.35. The summed E-state index contributed by atoms with van der Waals surface area (Å²) in [6.45, 7) is 3.93. The predicted molar refractivity (Wildman–Crippen MR) is 101 cm³/mol. The molecule has 2 aromatic rings. The molecule has 4 rings (SSSR count). The second-order valence-electron chi connectivity index (χ2n) is 7.53. The van der Waals surface area contributed by atoms with Crippen molar-refractivity contribution >= 4 is 0 Å². The van der Waals surface area contributed by atoms with Gasteiger partial charge in [-0.05, 0) is 47.9 Å². The highest BCUT2D eigenvalue weighted by Gasteiger charge is 2.21. The first-order chi connectivity index (χ1) is 12.3. The zero-order valence-corrected chi connectivity index (χ0v) is 14.8. The van der Waals surface area contributed by atoms with Crippen LogP contribution in [-0.4, -0.2) is 35.2 Å². The number of piperidine rings is 1. The number of aliphatic hydroxyl groups is 1. The van der Waals surface area contributed by atoms with Gasteiger partial charge in [-0.3, -0.25) is 4.90 Å². The monoisotopic (exact) mass is 336 g/mol. The molecule has 25 heavy (non-hydrogen) atoms. The van der Waals surface area contributed by atoms with Crippen molar-refractivity contribution in [3.8, 4) is 0 Å². The number of hydrogen-bond donors (Lipinski definition) is 2. The quantitative estimate of drug-likeness (QED) is 0.881. The number of nitrogens with zero attached hydrogens (tertiary/aromatic N) is 1. The molecule has 0 spiro atoms. The summed E-state index contributed by atoms with van der Waals surface area (Å²) in [5, 5.41) is 13.5. The zero-order chi connectivity index (χ0) is 17.1. The first-order valence-corrected chi connectivity index (χ1v) is 9.55. The smallest absolute Gasteiger partial charge is 0.0564 e. The minimum absolute atomic E-state index is 0.0999. The summed E-state index contributed by atoms with van der Waals surface area (Å²) < 4.78 is 0. The normalized spacial score (nSPS) is 19.2. The van der Waals surface area contributed by atoms with Crippen molar-refractivity contribution in [2.75, 3.05) is 13.1 Å². The lowest BCUT2D eigenvalue weighted by Gasteiger charge is -2.30. The molecule has 2 aromatic carbocycles. The van der Waals surface area contributed by atoms with Gasteiger partial charge in [0.1, 0.15) is 0 Å². The number of likely N-dealkylation sites (tertiary alicyclic amines) is 1. The van der Waals surface area contributed by atoms with Gasteiger partial charge in [-0.25, -0.2) is 0 Å². The fourth-order valence-electron chi connectivity index (χ4n) is 4.16. The number of hydrogen-bond acceptors (Lipinski definition) is 3. The summed E-state index contributed by atoms with van der Waals surface area (Å²) in [6, 6.07) is 18.2. The fraction of sp³-hybridized carbons (Fsp3) is 0.455. The minimum atomic E-state index is -0.0999. The lowest BCUT2D eigenvalue weighted by molar-refractivity contribution is 0.0791. The molecule has 1 fully saturated rings. The van der Waals surface area contributed by atoms with Crippen LogP contribution in [0.15, 0.2) is 48.5 Å². The Kier molecular flexibility index (Phi) is 5.16. The van der Waals surface area contributed by atoms with Crippen LogP contribution in [0.2, 0.25) is 0 Å². The summed E-state index contributed by atoms with van der Waals surface area (Å²) in [6.07, 6.45) is 3.99. The molecule has 0 saturated carbocycles. The Morgan fingerprint density at radius 1 is 0.880 bits per heavy atom. The average molecular weight is 336 g/mol. The van der Waals surface area contributed by atoms with Gasteiger partial charge in [0.15, 0.2) is 0 Å². The maximum atomic E-state index is 9.69. The summed E-state index contributed by atoms with van der Waals surface area (Å²) in [4.78, 5) is 2.47. The Bertz CT molecular complexity index is 682. The average Bonchev–Trinajstić information content (AvgIpc) is 3.06. The molecule has 1 aliphatic heterocycles. The van der Waals surface area contributed by atoms with Crippen LogP contribution in [-0.2, 0) is 25.9 Å². The van der Waals surface area contributed by atoms with E-state index in [1.165, 1.54) is 22.3 Å². The molecular formula is C22H28N2O. The third kappa shape index (κ3) is 4.12. The van der Waals surface area contributed by atoms with Crippen LogP contribution in [0.25, 0.3) is 0 Å². The van der Waals surface area contributed by atoms with Crippen LogP contribution in [0.1, 0.15) is 35.1 Å². The largest absolute Gasteiger partial charge is 0.393 e. The van der Waals surface area contributed by atoms with Gasteiger partial charge in [-0.2, -0.15) is 0 Å². The SMILES string of the molecule is OC1CCN(Cc2ccccc2CNC2Cc3ccccc3C2)CC1. The van der Waals surface area contributed by atoms with E-state index in [0.29, 0.717) is 6.04 Å². The van der Waals surface area contributed by atoms with Gasteiger partial charge in [0.05, 0.1) is 6.10 Å². The van der Waals surface area contributed by atoms with E-state index in [-0.39, 0.29) is 6.10 Å². The Morgan fingerprint density at radius 3 is 2.16 bits per heavy atom. The van der Waals surface area contributed by atoms with Gasteiger partial charge >= 0.3 is 0 Å². The summed E-state index contributed by atoms with van der Waals surface area (Å²) in [7, 11) is 0. The van der Waals surface area contributed by atoms with Crippen molar-refractivity contribution in [3.05, 3.63) is 70.8 Å². The highest BCUT2D eigenvalue weighted by atomic mass is 16.3. The second-order valence-corrected chi connectivity index (χ2v) is 7.53. The van der Waals surface area contributed by atoms with Crippen molar-refractivity contribution in [1.82, 2.24) is 10.2 Å². The van der Waals surface area contributed by atoms with Crippen LogP contribution < -0.4 is 5.32 Å². The number of benzene rings is 2. The van der Waals surface area contributed by atoms with E-state index in [2.05, 4.69) is 58.7 Å². The Hall–Kier alpha value is -1.68. The van der Waals surface area contributed by atoms with Crippen molar-refractivity contribution < 1.29 is 5.11 Å². The maximum Gasteiger partial charge on any atom is 0.0564 e. The van der Waals surface area contributed by atoms with Crippen LogP contribution in [0.3, 0.4) is 0 Å². The lowest BCUT2D eigenvalue weighted by Crippen LogP contribution is -2.36. The van der Waals surface area contributed by atoms with E-state index in [9.17, 15) is 5.11 Å². The lowest BCUT2D eigenvalue weighted by atomic mass is 10.0. The second kappa shape index (κ2) is 7.69. The molecule has 2 N–H and O–H groups in total. The van der Waals surface area contributed by atoms with Crippen molar-refractivity contribution in [2.45, 2.75) is 50.9 Å². The topological polar surface area (TPSA) is 35.5 Å². The molecule has 0 aromatic heterocycles. The highest BCUT2D eigenvalue weighted by molar-refractivity contribution is 5.33.